The summed E-state index contributed by atoms with van der Waals surface area (Å²) in [5.74, 6) is -14.4. The smallest absolute Gasteiger partial charge is 0.206 e. The van der Waals surface area contributed by atoms with Crippen LogP contribution in [0.4, 0.5) is 39.5 Å². The summed E-state index contributed by atoms with van der Waals surface area (Å²) in [6, 6.07) is 0. The lowest BCUT2D eigenvalue weighted by Crippen LogP contribution is -2.65. The largest absolute Gasteiger partial charge is 0.460 e. The van der Waals surface area contributed by atoms with Gasteiger partial charge >= 0.3 is 23.3 Å². The van der Waals surface area contributed by atoms with Gasteiger partial charge in [0, 0.05) is 13.6 Å². The summed E-state index contributed by atoms with van der Waals surface area (Å²) >= 11 is 0. The minimum atomic E-state index is -7.23. The van der Waals surface area contributed by atoms with Crippen molar-refractivity contribution in [1.82, 2.24) is 4.31 Å². The van der Waals surface area contributed by atoms with Gasteiger partial charge in [0.15, 0.2) is 0 Å². The first-order valence-electron chi connectivity index (χ1n) is 5.14. The average Bonchev–Trinajstić information content (AvgIpc) is 2.26. The second-order valence-electron chi connectivity index (χ2n) is 3.99. The fourth-order valence-corrected chi connectivity index (χ4v) is 2.42. The number of hydrogen-bond acceptors (Lipinski definition) is 2. The third-order valence-electron chi connectivity index (χ3n) is 2.39. The molecule has 0 saturated carbocycles. The quantitative estimate of drug-likeness (QED) is 0.687. The summed E-state index contributed by atoms with van der Waals surface area (Å²) < 4.78 is 135. The zero-order valence-corrected chi connectivity index (χ0v) is 11.3. The maximum atomic E-state index is 13.2. The van der Waals surface area contributed by atoms with E-state index in [0.717, 1.165) is 0 Å². The van der Waals surface area contributed by atoms with Crippen LogP contribution in [0.25, 0.3) is 0 Å². The SMILES string of the molecule is CCCN(C)S(=O)(=O)C(F)(F)C(F)(F)C(F)(F)C(F)(F)F. The molecule has 0 atom stereocenters. The van der Waals surface area contributed by atoms with Crippen molar-refractivity contribution in [3.63, 3.8) is 0 Å². The molecule has 3 nitrogen and oxygen atoms in total. The zero-order valence-electron chi connectivity index (χ0n) is 10.5. The molecule has 0 unspecified atom stereocenters. The Bertz CT molecular complexity index is 471. The molecule has 0 rings (SSSR count). The number of hydrogen-bond donors (Lipinski definition) is 0. The van der Waals surface area contributed by atoms with Crippen molar-refractivity contribution >= 4 is 10.0 Å². The van der Waals surface area contributed by atoms with E-state index in [-0.39, 0.29) is 6.42 Å². The summed E-state index contributed by atoms with van der Waals surface area (Å²) in [6.07, 6.45) is -7.22. The van der Waals surface area contributed by atoms with Gasteiger partial charge in [-0.25, -0.2) is 8.42 Å². The van der Waals surface area contributed by atoms with Gasteiger partial charge in [-0.2, -0.15) is 43.8 Å². The van der Waals surface area contributed by atoms with E-state index in [2.05, 4.69) is 0 Å². The first kappa shape index (κ1) is 20.3. The molecule has 0 aliphatic rings. The predicted molar refractivity (Wildman–Crippen MR) is 52.7 cm³/mol. The van der Waals surface area contributed by atoms with Crippen LogP contribution in [0.15, 0.2) is 0 Å². The highest BCUT2D eigenvalue weighted by molar-refractivity contribution is 7.90. The molecule has 128 valence electrons. The number of rotatable bonds is 6. The van der Waals surface area contributed by atoms with Crippen molar-refractivity contribution in [1.29, 1.82) is 0 Å². The van der Waals surface area contributed by atoms with Crippen LogP contribution in [-0.4, -0.2) is 49.6 Å². The van der Waals surface area contributed by atoms with Crippen molar-refractivity contribution in [3.8, 4) is 0 Å². The van der Waals surface area contributed by atoms with Crippen LogP contribution >= 0.6 is 0 Å². The molecule has 0 fully saturated rings. The molecule has 0 radical (unpaired) electrons. The number of halogens is 9. The Morgan fingerprint density at radius 1 is 0.857 bits per heavy atom. The topological polar surface area (TPSA) is 37.4 Å². The Hall–Kier alpha value is -0.720. The molecule has 0 aromatic rings. The summed E-state index contributed by atoms with van der Waals surface area (Å²) in [7, 11) is -6.08. The molecule has 21 heavy (non-hydrogen) atoms. The number of sulfonamides is 1. The number of alkyl halides is 9. The summed E-state index contributed by atoms with van der Waals surface area (Å²) in [5, 5.41) is -6.65. The molecular weight excluding hydrogens is 345 g/mol. The van der Waals surface area contributed by atoms with E-state index in [1.807, 2.05) is 0 Å². The molecule has 0 amide bonds. The van der Waals surface area contributed by atoms with E-state index in [4.69, 9.17) is 0 Å². The Morgan fingerprint density at radius 2 is 1.24 bits per heavy atom. The Morgan fingerprint density at radius 3 is 1.52 bits per heavy atom. The highest BCUT2D eigenvalue weighted by Crippen LogP contribution is 2.55. The highest BCUT2D eigenvalue weighted by atomic mass is 32.2. The maximum Gasteiger partial charge on any atom is 0.460 e. The van der Waals surface area contributed by atoms with E-state index in [0.29, 0.717) is 7.05 Å². The Balaban J connectivity index is 6.02. The van der Waals surface area contributed by atoms with E-state index < -0.39 is 44.1 Å². The third kappa shape index (κ3) is 2.94. The van der Waals surface area contributed by atoms with Gasteiger partial charge in [0.25, 0.3) is 10.0 Å². The normalized spacial score (nSPS) is 15.6. The fraction of sp³-hybridized carbons (Fsp3) is 1.00. The predicted octanol–water partition coefficient (Wildman–Crippen LogP) is 3.08. The standard InChI is InChI=1S/C8H10F9NO2S/c1-3-4-18(2)21(19,20)8(16,17)6(11,12)5(9,10)7(13,14)15/h3-4H2,1-2H3. The fourth-order valence-electron chi connectivity index (χ4n) is 1.15. The summed E-state index contributed by atoms with van der Waals surface area (Å²) in [4.78, 5) is 0. The van der Waals surface area contributed by atoms with E-state index in [1.165, 1.54) is 6.92 Å². The van der Waals surface area contributed by atoms with Crippen molar-refractivity contribution in [2.45, 2.75) is 36.6 Å². The van der Waals surface area contributed by atoms with Gasteiger partial charge in [-0.15, -0.1) is 0 Å². The lowest BCUT2D eigenvalue weighted by atomic mass is 10.1. The summed E-state index contributed by atoms with van der Waals surface area (Å²) in [6.45, 7) is 0.470. The van der Waals surface area contributed by atoms with Crippen molar-refractivity contribution in [2.75, 3.05) is 13.6 Å². The molecule has 0 heterocycles. The highest BCUT2D eigenvalue weighted by Gasteiger charge is 2.85. The Kier molecular flexibility index (Phi) is 5.29. The van der Waals surface area contributed by atoms with Crippen LogP contribution in [0, 0.1) is 0 Å². The van der Waals surface area contributed by atoms with E-state index >= 15 is 0 Å². The zero-order chi connectivity index (χ0) is 17.5. The molecule has 0 spiro atoms. The lowest BCUT2D eigenvalue weighted by molar-refractivity contribution is -0.382. The van der Waals surface area contributed by atoms with Crippen LogP contribution in [0.3, 0.4) is 0 Å². The minimum absolute atomic E-state index is 0.160. The molecule has 0 bridgehead atoms. The van der Waals surface area contributed by atoms with Crippen molar-refractivity contribution in [3.05, 3.63) is 0 Å². The lowest BCUT2D eigenvalue weighted by Gasteiger charge is -2.34. The van der Waals surface area contributed by atoms with Crippen LogP contribution in [0.5, 0.6) is 0 Å². The molecule has 0 saturated heterocycles. The van der Waals surface area contributed by atoms with Gasteiger partial charge in [-0.05, 0) is 6.42 Å². The second-order valence-corrected chi connectivity index (χ2v) is 6.08. The van der Waals surface area contributed by atoms with Gasteiger partial charge < -0.3 is 0 Å². The molecular formula is C8H10F9NO2S. The van der Waals surface area contributed by atoms with E-state index in [9.17, 15) is 47.9 Å². The first-order chi connectivity index (χ1) is 8.98. The van der Waals surface area contributed by atoms with E-state index in [1.54, 1.807) is 0 Å². The minimum Gasteiger partial charge on any atom is -0.206 e. The van der Waals surface area contributed by atoms with Gasteiger partial charge in [-0.3, -0.25) is 0 Å². The second kappa shape index (κ2) is 5.48. The molecule has 0 N–H and O–H groups in total. The molecule has 0 aliphatic carbocycles. The third-order valence-corrected chi connectivity index (χ3v) is 4.30. The summed E-state index contributed by atoms with van der Waals surface area (Å²) in [5.41, 5.74) is 0. The van der Waals surface area contributed by atoms with Gasteiger partial charge in [-0.1, -0.05) is 6.92 Å². The molecule has 0 aromatic carbocycles. The van der Waals surface area contributed by atoms with Crippen LogP contribution in [0.2, 0.25) is 0 Å². The molecule has 13 heteroatoms. The van der Waals surface area contributed by atoms with Crippen LogP contribution < -0.4 is 0 Å². The van der Waals surface area contributed by atoms with Gasteiger partial charge in [0.05, 0.1) is 0 Å². The molecule has 0 aromatic heterocycles. The monoisotopic (exact) mass is 355 g/mol. The first-order valence-corrected chi connectivity index (χ1v) is 6.58. The molecule has 0 aliphatic heterocycles. The van der Waals surface area contributed by atoms with Gasteiger partial charge in [0.2, 0.25) is 0 Å². The Labute approximate surface area is 113 Å². The van der Waals surface area contributed by atoms with Crippen molar-refractivity contribution in [2.24, 2.45) is 0 Å². The van der Waals surface area contributed by atoms with Crippen LogP contribution in [-0.2, 0) is 10.0 Å². The average molecular weight is 355 g/mol. The van der Waals surface area contributed by atoms with Crippen molar-refractivity contribution < 1.29 is 47.9 Å². The maximum absolute atomic E-state index is 13.2. The van der Waals surface area contributed by atoms with Crippen LogP contribution in [0.1, 0.15) is 13.3 Å². The number of nitrogens with zero attached hydrogens (tertiary/aromatic N) is 1. The van der Waals surface area contributed by atoms with Gasteiger partial charge in [0.1, 0.15) is 0 Å².